The van der Waals surface area contributed by atoms with E-state index in [1.165, 1.54) is 0 Å². The van der Waals surface area contributed by atoms with Crippen LogP contribution >= 0.6 is 0 Å². The molecule has 2 atom stereocenters. The molecular weight excluding hydrogens is 334 g/mol. The molecular formula is C20H23NO5. The van der Waals surface area contributed by atoms with Crippen molar-refractivity contribution in [2.45, 2.75) is 32.1 Å². The maximum absolute atomic E-state index is 13.3. The lowest BCUT2D eigenvalue weighted by Gasteiger charge is -2.37. The fourth-order valence-corrected chi connectivity index (χ4v) is 4.76. The van der Waals surface area contributed by atoms with Crippen molar-refractivity contribution in [2.24, 2.45) is 11.3 Å². The molecule has 0 radical (unpaired) electrons. The molecule has 2 aliphatic heterocycles. The van der Waals surface area contributed by atoms with Gasteiger partial charge in [0.25, 0.3) is 0 Å². The van der Waals surface area contributed by atoms with Crippen LogP contribution in [0.15, 0.2) is 18.2 Å². The maximum atomic E-state index is 13.3. The van der Waals surface area contributed by atoms with E-state index in [2.05, 4.69) is 0 Å². The molecule has 1 aromatic carbocycles. The molecule has 6 heteroatoms. The van der Waals surface area contributed by atoms with Gasteiger partial charge in [-0.1, -0.05) is 12.8 Å². The summed E-state index contributed by atoms with van der Waals surface area (Å²) in [5, 5.41) is 9.72. The molecule has 0 saturated heterocycles. The van der Waals surface area contributed by atoms with Gasteiger partial charge in [0.15, 0.2) is 11.5 Å². The van der Waals surface area contributed by atoms with Crippen molar-refractivity contribution in [2.75, 3.05) is 20.8 Å². The van der Waals surface area contributed by atoms with E-state index in [4.69, 9.17) is 9.47 Å². The summed E-state index contributed by atoms with van der Waals surface area (Å²) in [6.45, 7) is 0.571. The molecule has 0 aromatic heterocycles. The summed E-state index contributed by atoms with van der Waals surface area (Å²) < 4.78 is 10.8. The first-order valence-electron chi connectivity index (χ1n) is 9.04. The number of hydrogen-bond donors (Lipinski definition) is 1. The van der Waals surface area contributed by atoms with Gasteiger partial charge in [-0.3, -0.25) is 9.59 Å². The van der Waals surface area contributed by atoms with E-state index < -0.39 is 17.3 Å². The smallest absolute Gasteiger partial charge is 0.307 e. The number of hydrogen-bond acceptors (Lipinski definition) is 4. The Morgan fingerprint density at radius 3 is 2.65 bits per heavy atom. The van der Waals surface area contributed by atoms with Gasteiger partial charge in [0.1, 0.15) is 0 Å². The normalized spacial score (nSPS) is 27.0. The number of carboxylic acids is 1. The van der Waals surface area contributed by atoms with Crippen LogP contribution in [-0.4, -0.2) is 42.6 Å². The average Bonchev–Trinajstić information content (AvgIpc) is 2.93. The molecule has 1 fully saturated rings. The minimum Gasteiger partial charge on any atom is -0.493 e. The predicted molar refractivity (Wildman–Crippen MR) is 95.0 cm³/mol. The molecule has 3 aliphatic rings. The number of carbonyl (C=O) groups is 2. The Labute approximate surface area is 152 Å². The fraction of sp³-hybridized carbons (Fsp3) is 0.500. The summed E-state index contributed by atoms with van der Waals surface area (Å²) in [5.74, 6) is -0.297. The molecule has 1 aromatic rings. The fourth-order valence-electron chi connectivity index (χ4n) is 4.76. The first-order chi connectivity index (χ1) is 12.5. The Bertz CT molecular complexity index is 815. The van der Waals surface area contributed by atoms with Crippen molar-refractivity contribution in [3.05, 3.63) is 29.3 Å². The number of aliphatic carboxylic acids is 1. The van der Waals surface area contributed by atoms with Crippen LogP contribution in [0.1, 0.15) is 36.8 Å². The van der Waals surface area contributed by atoms with Gasteiger partial charge in [0.05, 0.1) is 25.6 Å². The van der Waals surface area contributed by atoms with E-state index in [0.29, 0.717) is 37.3 Å². The number of benzene rings is 1. The molecule has 0 bridgehead atoms. The highest BCUT2D eigenvalue weighted by molar-refractivity contribution is 6.02. The molecule has 138 valence electrons. The van der Waals surface area contributed by atoms with Crippen LogP contribution in [0.2, 0.25) is 0 Å². The Kier molecular flexibility index (Phi) is 3.93. The summed E-state index contributed by atoms with van der Waals surface area (Å²) in [7, 11) is 3.19. The quantitative estimate of drug-likeness (QED) is 0.900. The van der Waals surface area contributed by atoms with Crippen molar-refractivity contribution in [1.82, 2.24) is 4.90 Å². The van der Waals surface area contributed by atoms with Crippen LogP contribution in [0.4, 0.5) is 0 Å². The number of fused-ring (bicyclic) bond motifs is 3. The number of carbonyl (C=O) groups excluding carboxylic acids is 1. The third-order valence-corrected chi connectivity index (χ3v) is 6.07. The van der Waals surface area contributed by atoms with E-state index in [-0.39, 0.29) is 5.91 Å². The first kappa shape index (κ1) is 16.9. The number of nitrogens with zero attached hydrogens (tertiary/aromatic N) is 1. The van der Waals surface area contributed by atoms with E-state index in [9.17, 15) is 14.7 Å². The van der Waals surface area contributed by atoms with Gasteiger partial charge in [-0.2, -0.15) is 0 Å². The summed E-state index contributed by atoms with van der Waals surface area (Å²) in [4.78, 5) is 26.9. The Morgan fingerprint density at radius 1 is 1.23 bits per heavy atom. The highest BCUT2D eigenvalue weighted by Gasteiger charge is 2.55. The maximum Gasteiger partial charge on any atom is 0.307 e. The number of rotatable bonds is 3. The molecule has 4 rings (SSSR count). The van der Waals surface area contributed by atoms with Gasteiger partial charge in [-0.25, -0.2) is 0 Å². The molecule has 1 spiro atoms. The zero-order valence-corrected chi connectivity index (χ0v) is 15.1. The summed E-state index contributed by atoms with van der Waals surface area (Å²) in [6.07, 6.45) is 5.54. The van der Waals surface area contributed by atoms with Crippen LogP contribution in [0, 0.1) is 11.3 Å². The summed E-state index contributed by atoms with van der Waals surface area (Å²) >= 11 is 0. The molecule has 1 amide bonds. The zero-order chi connectivity index (χ0) is 18.5. The lowest BCUT2D eigenvalue weighted by molar-refractivity contribution is -0.154. The Morgan fingerprint density at radius 2 is 1.96 bits per heavy atom. The van der Waals surface area contributed by atoms with E-state index in [1.54, 1.807) is 19.1 Å². The molecule has 26 heavy (non-hydrogen) atoms. The minimum absolute atomic E-state index is 0.0555. The van der Waals surface area contributed by atoms with Crippen molar-refractivity contribution < 1.29 is 24.2 Å². The van der Waals surface area contributed by atoms with Crippen LogP contribution in [-0.2, 0) is 16.0 Å². The lowest BCUT2D eigenvalue weighted by atomic mass is 9.66. The monoisotopic (exact) mass is 357 g/mol. The molecule has 0 unspecified atom stereocenters. The predicted octanol–water partition coefficient (Wildman–Crippen LogP) is 2.70. The van der Waals surface area contributed by atoms with Gasteiger partial charge < -0.3 is 19.5 Å². The van der Waals surface area contributed by atoms with Crippen LogP contribution in [0.3, 0.4) is 0 Å². The van der Waals surface area contributed by atoms with E-state index in [1.807, 2.05) is 18.2 Å². The largest absolute Gasteiger partial charge is 0.493 e. The standard InChI is InChI=1S/C20H23NO5/c1-25-16-9-12-6-8-21-15(13(12)10-17(16)26-2)11-20(19(21)24)7-4-3-5-14(20)18(22)23/h9-11,14H,3-8H2,1-2H3,(H,22,23)/t14-,20+/m1/s1. The van der Waals surface area contributed by atoms with Gasteiger partial charge in [0.2, 0.25) is 5.91 Å². The van der Waals surface area contributed by atoms with E-state index >= 15 is 0 Å². The van der Waals surface area contributed by atoms with Crippen LogP contribution in [0.5, 0.6) is 11.5 Å². The third-order valence-electron chi connectivity index (χ3n) is 6.07. The number of methoxy groups -OCH3 is 2. The topological polar surface area (TPSA) is 76.1 Å². The molecule has 1 saturated carbocycles. The molecule has 2 heterocycles. The van der Waals surface area contributed by atoms with Crippen molar-refractivity contribution in [3.8, 4) is 11.5 Å². The second-order valence-electron chi connectivity index (χ2n) is 7.28. The number of ether oxygens (including phenoxy) is 2. The SMILES string of the molecule is COc1cc2c(cc1OC)C1=C[C@]3(CCCC[C@@H]3C(=O)O)C(=O)N1CC2. The highest BCUT2D eigenvalue weighted by atomic mass is 16.5. The zero-order valence-electron chi connectivity index (χ0n) is 15.1. The van der Waals surface area contributed by atoms with Gasteiger partial charge in [-0.15, -0.1) is 0 Å². The van der Waals surface area contributed by atoms with Crippen molar-refractivity contribution in [3.63, 3.8) is 0 Å². The second-order valence-corrected chi connectivity index (χ2v) is 7.28. The van der Waals surface area contributed by atoms with E-state index in [0.717, 1.165) is 29.7 Å². The summed E-state index contributed by atoms with van der Waals surface area (Å²) in [5.41, 5.74) is 1.95. The molecule has 6 nitrogen and oxygen atoms in total. The highest BCUT2D eigenvalue weighted by Crippen LogP contribution is 2.52. The number of carboxylic acid groups (broad SMARTS) is 1. The van der Waals surface area contributed by atoms with Crippen LogP contribution < -0.4 is 9.47 Å². The third kappa shape index (κ3) is 2.24. The van der Waals surface area contributed by atoms with Crippen molar-refractivity contribution in [1.29, 1.82) is 0 Å². The van der Waals surface area contributed by atoms with Crippen molar-refractivity contribution >= 4 is 17.6 Å². The average molecular weight is 357 g/mol. The Hall–Kier alpha value is -2.50. The van der Waals surface area contributed by atoms with Gasteiger partial charge >= 0.3 is 5.97 Å². The molecule has 1 N–H and O–H groups in total. The second kappa shape index (κ2) is 6.04. The lowest BCUT2D eigenvalue weighted by Crippen LogP contribution is -2.46. The number of amides is 1. The van der Waals surface area contributed by atoms with Gasteiger partial charge in [0, 0.05) is 17.8 Å². The van der Waals surface area contributed by atoms with Crippen LogP contribution in [0.25, 0.3) is 5.70 Å². The van der Waals surface area contributed by atoms with Gasteiger partial charge in [-0.05, 0) is 43.0 Å². The minimum atomic E-state index is -0.909. The molecule has 1 aliphatic carbocycles. The Balaban J connectivity index is 1.85. The first-order valence-corrected chi connectivity index (χ1v) is 9.04. The summed E-state index contributed by atoms with van der Waals surface area (Å²) in [6, 6.07) is 3.86.